The van der Waals surface area contributed by atoms with Crippen molar-refractivity contribution >= 4 is 21.6 Å². The molecular weight excluding hydrogens is 392 g/mol. The molecule has 0 saturated carbocycles. The van der Waals surface area contributed by atoms with Crippen molar-refractivity contribution in [3.05, 3.63) is 48.0 Å². The van der Waals surface area contributed by atoms with Crippen molar-refractivity contribution in [1.82, 2.24) is 4.31 Å². The lowest BCUT2D eigenvalue weighted by Gasteiger charge is -2.29. The number of nitrogens with one attached hydrogen (secondary N) is 1. The minimum Gasteiger partial charge on any atom is -0.497 e. The third kappa shape index (κ3) is 4.71. The van der Waals surface area contributed by atoms with Crippen LogP contribution in [0.15, 0.2) is 47.4 Å². The van der Waals surface area contributed by atoms with Crippen LogP contribution in [-0.2, 0) is 10.0 Å². The van der Waals surface area contributed by atoms with Crippen LogP contribution in [0.5, 0.6) is 11.5 Å². The Morgan fingerprint density at radius 2 is 1.79 bits per heavy atom. The number of hydrogen-bond donors (Lipinski definition) is 1. The molecule has 0 spiro atoms. The van der Waals surface area contributed by atoms with Crippen molar-refractivity contribution in [2.45, 2.75) is 24.7 Å². The number of nitrogens with zero attached hydrogens (tertiary/aromatic N) is 1. The van der Waals surface area contributed by atoms with Gasteiger partial charge in [-0.25, -0.2) is 8.42 Å². The van der Waals surface area contributed by atoms with Crippen molar-refractivity contribution in [2.75, 3.05) is 32.6 Å². The molecule has 0 atom stereocenters. The standard InChI is InChI=1S/C21H26N2O5S/c1-15-9-11-23(12-10-15)29(25,26)18-7-8-20(28-3)19(14-18)21(24)22-16-5-4-6-17(13-16)27-2/h4-8,13-15H,9-12H2,1-3H3,(H,22,24). The number of piperidine rings is 1. The van der Waals surface area contributed by atoms with Crippen LogP contribution in [0.1, 0.15) is 30.1 Å². The van der Waals surface area contributed by atoms with E-state index < -0.39 is 15.9 Å². The molecule has 1 saturated heterocycles. The van der Waals surface area contributed by atoms with Gasteiger partial charge in [-0.1, -0.05) is 13.0 Å². The number of amides is 1. The summed E-state index contributed by atoms with van der Waals surface area (Å²) in [5.41, 5.74) is 0.691. The smallest absolute Gasteiger partial charge is 0.259 e. The Hall–Kier alpha value is -2.58. The lowest BCUT2D eigenvalue weighted by atomic mass is 10.0. The Morgan fingerprint density at radius 3 is 2.45 bits per heavy atom. The third-order valence-corrected chi connectivity index (χ3v) is 7.02. The number of sulfonamides is 1. The molecule has 1 aliphatic heterocycles. The van der Waals surface area contributed by atoms with E-state index in [2.05, 4.69) is 12.2 Å². The van der Waals surface area contributed by atoms with Crippen LogP contribution in [0.2, 0.25) is 0 Å². The summed E-state index contributed by atoms with van der Waals surface area (Å²) in [7, 11) is -0.689. The third-order valence-electron chi connectivity index (χ3n) is 5.12. The molecule has 0 radical (unpaired) electrons. The Kier molecular flexibility index (Phi) is 6.44. The molecule has 8 heteroatoms. The number of methoxy groups -OCH3 is 2. The summed E-state index contributed by atoms with van der Waals surface area (Å²) in [5.74, 6) is 0.961. The molecule has 0 aliphatic carbocycles. The van der Waals surface area contributed by atoms with Crippen molar-refractivity contribution in [1.29, 1.82) is 0 Å². The molecule has 1 N–H and O–H groups in total. The summed E-state index contributed by atoms with van der Waals surface area (Å²) < 4.78 is 38.0. The van der Waals surface area contributed by atoms with Crippen molar-refractivity contribution in [3.8, 4) is 11.5 Å². The molecule has 2 aromatic carbocycles. The van der Waals surface area contributed by atoms with E-state index in [9.17, 15) is 13.2 Å². The van der Waals surface area contributed by atoms with Gasteiger partial charge in [0.15, 0.2) is 0 Å². The van der Waals surface area contributed by atoms with Gasteiger partial charge in [-0.2, -0.15) is 4.31 Å². The van der Waals surface area contributed by atoms with E-state index in [0.29, 0.717) is 36.2 Å². The molecular formula is C21H26N2O5S. The highest BCUT2D eigenvalue weighted by Crippen LogP contribution is 2.28. The van der Waals surface area contributed by atoms with Gasteiger partial charge in [0, 0.05) is 24.8 Å². The second-order valence-electron chi connectivity index (χ2n) is 7.13. The SMILES string of the molecule is COc1cccc(NC(=O)c2cc(S(=O)(=O)N3CCC(C)CC3)ccc2OC)c1. The van der Waals surface area contributed by atoms with E-state index in [-0.39, 0.29) is 10.5 Å². The summed E-state index contributed by atoms with van der Waals surface area (Å²) in [4.78, 5) is 12.9. The highest BCUT2D eigenvalue weighted by atomic mass is 32.2. The summed E-state index contributed by atoms with van der Waals surface area (Å²) in [6.07, 6.45) is 1.66. The van der Waals surface area contributed by atoms with Crippen LogP contribution < -0.4 is 14.8 Å². The average Bonchev–Trinajstić information content (AvgIpc) is 2.73. The second kappa shape index (κ2) is 8.84. The first-order valence-corrected chi connectivity index (χ1v) is 10.9. The molecule has 0 unspecified atom stereocenters. The van der Waals surface area contributed by atoms with Gasteiger partial charge in [0.1, 0.15) is 11.5 Å². The molecule has 0 aromatic heterocycles. The summed E-state index contributed by atoms with van der Waals surface area (Å²) in [5, 5.41) is 2.76. The maximum atomic E-state index is 13.0. The first-order chi connectivity index (χ1) is 13.8. The molecule has 3 rings (SSSR count). The zero-order valence-corrected chi connectivity index (χ0v) is 17.7. The average molecular weight is 419 g/mol. The van der Waals surface area contributed by atoms with E-state index in [1.807, 2.05) is 0 Å². The number of carbonyl (C=O) groups is 1. The quantitative estimate of drug-likeness (QED) is 0.777. The Morgan fingerprint density at radius 1 is 1.07 bits per heavy atom. The summed E-state index contributed by atoms with van der Waals surface area (Å²) in [6.45, 7) is 3.10. The van der Waals surface area contributed by atoms with Gasteiger partial charge >= 0.3 is 0 Å². The van der Waals surface area contributed by atoms with E-state index in [4.69, 9.17) is 9.47 Å². The molecule has 156 valence electrons. The van der Waals surface area contributed by atoms with Crippen LogP contribution in [0.25, 0.3) is 0 Å². The van der Waals surface area contributed by atoms with Crippen LogP contribution in [-0.4, -0.2) is 45.9 Å². The zero-order valence-electron chi connectivity index (χ0n) is 16.8. The van der Waals surface area contributed by atoms with E-state index >= 15 is 0 Å². The van der Waals surface area contributed by atoms with Crippen LogP contribution >= 0.6 is 0 Å². The largest absolute Gasteiger partial charge is 0.497 e. The van der Waals surface area contributed by atoms with Gasteiger partial charge < -0.3 is 14.8 Å². The molecule has 1 fully saturated rings. The van der Waals surface area contributed by atoms with Gasteiger partial charge in [0.25, 0.3) is 5.91 Å². The van der Waals surface area contributed by atoms with Crippen molar-refractivity contribution < 1.29 is 22.7 Å². The predicted molar refractivity (Wildman–Crippen MR) is 111 cm³/mol. The summed E-state index contributed by atoms with van der Waals surface area (Å²) >= 11 is 0. The van der Waals surface area contributed by atoms with E-state index in [1.54, 1.807) is 31.4 Å². The van der Waals surface area contributed by atoms with Gasteiger partial charge in [0.05, 0.1) is 24.7 Å². The second-order valence-corrected chi connectivity index (χ2v) is 9.07. The number of rotatable bonds is 6. The maximum absolute atomic E-state index is 13.0. The zero-order chi connectivity index (χ0) is 21.0. The van der Waals surface area contributed by atoms with Crippen molar-refractivity contribution in [3.63, 3.8) is 0 Å². The molecule has 2 aromatic rings. The first-order valence-electron chi connectivity index (χ1n) is 9.48. The Balaban J connectivity index is 1.89. The first kappa shape index (κ1) is 21.1. The molecule has 1 aliphatic rings. The Bertz CT molecular complexity index is 982. The highest BCUT2D eigenvalue weighted by molar-refractivity contribution is 7.89. The number of ether oxygens (including phenoxy) is 2. The van der Waals surface area contributed by atoms with Gasteiger partial charge in [-0.05, 0) is 49.1 Å². The number of anilines is 1. The van der Waals surface area contributed by atoms with E-state index in [0.717, 1.165) is 12.8 Å². The number of hydrogen-bond acceptors (Lipinski definition) is 5. The fourth-order valence-corrected chi connectivity index (χ4v) is 4.80. The van der Waals surface area contributed by atoms with Gasteiger partial charge in [-0.3, -0.25) is 4.79 Å². The lowest BCUT2D eigenvalue weighted by molar-refractivity contribution is 0.102. The molecule has 7 nitrogen and oxygen atoms in total. The van der Waals surface area contributed by atoms with Gasteiger partial charge in [-0.15, -0.1) is 0 Å². The minimum absolute atomic E-state index is 0.0867. The fourth-order valence-electron chi connectivity index (χ4n) is 3.30. The minimum atomic E-state index is -3.67. The number of carbonyl (C=O) groups excluding carboxylic acids is 1. The molecule has 1 amide bonds. The highest BCUT2D eigenvalue weighted by Gasteiger charge is 2.29. The molecule has 0 bridgehead atoms. The maximum Gasteiger partial charge on any atom is 0.259 e. The monoisotopic (exact) mass is 418 g/mol. The fraction of sp³-hybridized carbons (Fsp3) is 0.381. The molecule has 1 heterocycles. The predicted octanol–water partition coefficient (Wildman–Crippen LogP) is 3.38. The van der Waals surface area contributed by atoms with Gasteiger partial charge in [0.2, 0.25) is 10.0 Å². The van der Waals surface area contributed by atoms with E-state index in [1.165, 1.54) is 29.6 Å². The van der Waals surface area contributed by atoms with Crippen LogP contribution in [0, 0.1) is 5.92 Å². The topological polar surface area (TPSA) is 84.9 Å². The number of benzene rings is 2. The van der Waals surface area contributed by atoms with Crippen molar-refractivity contribution in [2.24, 2.45) is 5.92 Å². The van der Waals surface area contributed by atoms with Crippen LogP contribution in [0.3, 0.4) is 0 Å². The van der Waals surface area contributed by atoms with Crippen LogP contribution in [0.4, 0.5) is 5.69 Å². The normalized spacial score (nSPS) is 15.7. The summed E-state index contributed by atoms with van der Waals surface area (Å²) in [6, 6.07) is 11.3. The molecule has 29 heavy (non-hydrogen) atoms. The Labute approximate surface area is 171 Å². The lowest BCUT2D eigenvalue weighted by Crippen LogP contribution is -2.37.